The van der Waals surface area contributed by atoms with Gasteiger partial charge in [0.05, 0.1) is 16.8 Å². The number of nitrogens with zero attached hydrogens (tertiary/aromatic N) is 3. The Hall–Kier alpha value is -1.51. The van der Waals surface area contributed by atoms with E-state index in [1.54, 1.807) is 30.3 Å². The number of benzene rings is 1. The van der Waals surface area contributed by atoms with Crippen molar-refractivity contribution in [3.8, 4) is 5.69 Å². The molecule has 0 aliphatic carbocycles. The summed E-state index contributed by atoms with van der Waals surface area (Å²) < 4.78 is 25.2. The lowest BCUT2D eigenvalue weighted by molar-refractivity contribution is -0.130. The molecule has 1 amide bonds. The van der Waals surface area contributed by atoms with Gasteiger partial charge in [0, 0.05) is 36.2 Å². The Morgan fingerprint density at radius 3 is 2.69 bits per heavy atom. The largest absolute Gasteiger partial charge is 0.341 e. The molecule has 2 heterocycles. The molecule has 1 aromatic heterocycles. The van der Waals surface area contributed by atoms with E-state index in [2.05, 4.69) is 4.98 Å². The molecule has 3 rings (SSSR count). The van der Waals surface area contributed by atoms with Crippen molar-refractivity contribution < 1.29 is 13.2 Å². The zero-order chi connectivity index (χ0) is 18.9. The van der Waals surface area contributed by atoms with Gasteiger partial charge in [0.25, 0.3) is 0 Å². The van der Waals surface area contributed by atoms with Gasteiger partial charge in [-0.15, -0.1) is 0 Å². The summed E-state index contributed by atoms with van der Waals surface area (Å²) in [5.41, 5.74) is 0.907. The molecule has 6 nitrogen and oxygen atoms in total. The molecule has 0 spiro atoms. The second-order valence-electron chi connectivity index (χ2n) is 6.32. The van der Waals surface area contributed by atoms with E-state index in [0.717, 1.165) is 5.69 Å². The molecular formula is C17H20ClN3O3S2. The third-order valence-corrected chi connectivity index (χ3v) is 7.52. The maximum absolute atomic E-state index is 12.7. The van der Waals surface area contributed by atoms with Crippen molar-refractivity contribution in [1.29, 1.82) is 0 Å². The first-order valence-corrected chi connectivity index (χ1v) is 11.3. The number of thioether (sulfide) groups is 1. The normalized spacial score (nSPS) is 20.0. The zero-order valence-electron chi connectivity index (χ0n) is 14.5. The van der Waals surface area contributed by atoms with Gasteiger partial charge in [0.15, 0.2) is 15.0 Å². The Balaban J connectivity index is 1.70. The summed E-state index contributed by atoms with van der Waals surface area (Å²) in [7, 11) is -1.35. The van der Waals surface area contributed by atoms with Crippen LogP contribution in [0.25, 0.3) is 5.69 Å². The number of carbonyl (C=O) groups is 1. The molecule has 1 aliphatic rings. The van der Waals surface area contributed by atoms with Crippen LogP contribution < -0.4 is 0 Å². The Bertz CT molecular complexity index is 896. The number of aromatic nitrogens is 2. The number of amides is 1. The molecule has 2 aromatic rings. The molecule has 0 unspecified atom stereocenters. The van der Waals surface area contributed by atoms with Crippen molar-refractivity contribution in [2.75, 3.05) is 18.6 Å². The van der Waals surface area contributed by atoms with E-state index >= 15 is 0 Å². The number of rotatable bonds is 5. The summed E-state index contributed by atoms with van der Waals surface area (Å²) in [5, 5.41) is 0.970. The molecule has 1 aromatic carbocycles. The fourth-order valence-corrected chi connectivity index (χ4v) is 5.82. The average Bonchev–Trinajstić information content (AvgIpc) is 3.20. The molecule has 0 N–H and O–H groups in total. The van der Waals surface area contributed by atoms with Crippen LogP contribution in [0.1, 0.15) is 13.3 Å². The van der Waals surface area contributed by atoms with Gasteiger partial charge >= 0.3 is 0 Å². The molecule has 1 fully saturated rings. The minimum absolute atomic E-state index is 0.0476. The van der Waals surface area contributed by atoms with E-state index in [0.29, 0.717) is 16.6 Å². The van der Waals surface area contributed by atoms with E-state index in [1.165, 1.54) is 11.8 Å². The Kier molecular flexibility index (Phi) is 5.64. The van der Waals surface area contributed by atoms with Crippen LogP contribution in [0.3, 0.4) is 0 Å². The van der Waals surface area contributed by atoms with Crippen LogP contribution >= 0.6 is 23.4 Å². The Morgan fingerprint density at radius 2 is 2.08 bits per heavy atom. The average molecular weight is 414 g/mol. The van der Waals surface area contributed by atoms with Crippen molar-refractivity contribution >= 4 is 39.1 Å². The summed E-state index contributed by atoms with van der Waals surface area (Å²) in [6, 6.07) is 7.13. The Labute approximate surface area is 162 Å². The molecule has 140 valence electrons. The van der Waals surface area contributed by atoms with Gasteiger partial charge in [0.1, 0.15) is 0 Å². The van der Waals surface area contributed by atoms with Gasteiger partial charge in [-0.3, -0.25) is 9.36 Å². The van der Waals surface area contributed by atoms with E-state index in [-0.39, 0.29) is 28.7 Å². The van der Waals surface area contributed by atoms with Crippen LogP contribution in [0.5, 0.6) is 0 Å². The Morgan fingerprint density at radius 1 is 1.38 bits per heavy atom. The first-order valence-electron chi connectivity index (χ1n) is 8.20. The predicted molar refractivity (Wildman–Crippen MR) is 104 cm³/mol. The third kappa shape index (κ3) is 4.24. The fraction of sp³-hybridized carbons (Fsp3) is 0.412. The monoisotopic (exact) mass is 413 g/mol. The van der Waals surface area contributed by atoms with Crippen LogP contribution in [0.15, 0.2) is 41.8 Å². The topological polar surface area (TPSA) is 72.3 Å². The molecule has 2 atom stereocenters. The lowest BCUT2D eigenvalue weighted by Crippen LogP contribution is -2.41. The van der Waals surface area contributed by atoms with Crippen molar-refractivity contribution in [3.63, 3.8) is 0 Å². The van der Waals surface area contributed by atoms with Crippen molar-refractivity contribution in [3.05, 3.63) is 41.7 Å². The highest BCUT2D eigenvalue weighted by Crippen LogP contribution is 2.27. The van der Waals surface area contributed by atoms with Gasteiger partial charge in [-0.05, 0) is 37.6 Å². The number of hydrogen-bond acceptors (Lipinski definition) is 5. The van der Waals surface area contributed by atoms with Gasteiger partial charge < -0.3 is 4.90 Å². The molecule has 26 heavy (non-hydrogen) atoms. The van der Waals surface area contributed by atoms with Crippen LogP contribution in [0.2, 0.25) is 5.02 Å². The summed E-state index contributed by atoms with van der Waals surface area (Å²) in [6.07, 6.45) is 4.01. The summed E-state index contributed by atoms with van der Waals surface area (Å²) in [4.78, 5) is 18.6. The fourth-order valence-electron chi connectivity index (χ4n) is 2.93. The molecule has 9 heteroatoms. The van der Waals surface area contributed by atoms with Crippen molar-refractivity contribution in [1.82, 2.24) is 14.5 Å². The maximum atomic E-state index is 12.7. The lowest BCUT2D eigenvalue weighted by Gasteiger charge is -2.26. The maximum Gasteiger partial charge on any atom is 0.235 e. The molecule has 1 aliphatic heterocycles. The second kappa shape index (κ2) is 7.62. The molecule has 0 saturated carbocycles. The standard InChI is InChI=1S/C17H20ClN3O3S2/c1-12(16(22)20(2)15-7-10-26(23,24)11-15)25-17-19-8-9-21(17)14-5-3-13(18)4-6-14/h3-6,8-9,12,15H,7,10-11H2,1-2H3/t12-,15+/m0/s1. The van der Waals surface area contributed by atoms with Crippen LogP contribution in [0.4, 0.5) is 0 Å². The predicted octanol–water partition coefficient (Wildman–Crippen LogP) is 2.65. The van der Waals surface area contributed by atoms with Crippen molar-refractivity contribution in [2.24, 2.45) is 0 Å². The number of hydrogen-bond donors (Lipinski definition) is 0. The lowest BCUT2D eigenvalue weighted by atomic mass is 10.2. The summed E-state index contributed by atoms with van der Waals surface area (Å²) in [6.45, 7) is 1.81. The first-order chi connectivity index (χ1) is 12.3. The molecule has 0 bridgehead atoms. The number of sulfone groups is 1. The van der Waals surface area contributed by atoms with E-state index in [1.807, 2.05) is 29.8 Å². The smallest absolute Gasteiger partial charge is 0.235 e. The minimum atomic E-state index is -3.02. The molecule has 1 saturated heterocycles. The molecule has 0 radical (unpaired) electrons. The number of carbonyl (C=O) groups excluding carboxylic acids is 1. The van der Waals surface area contributed by atoms with Crippen LogP contribution in [-0.4, -0.2) is 58.6 Å². The highest BCUT2D eigenvalue weighted by atomic mass is 35.5. The van der Waals surface area contributed by atoms with Crippen LogP contribution in [-0.2, 0) is 14.6 Å². The number of halogens is 1. The van der Waals surface area contributed by atoms with E-state index in [4.69, 9.17) is 11.6 Å². The molecular weight excluding hydrogens is 394 g/mol. The second-order valence-corrected chi connectivity index (χ2v) is 10.3. The summed E-state index contributed by atoms with van der Waals surface area (Å²) >= 11 is 7.28. The third-order valence-electron chi connectivity index (χ3n) is 4.45. The van der Waals surface area contributed by atoms with Gasteiger partial charge in [-0.2, -0.15) is 0 Å². The van der Waals surface area contributed by atoms with Gasteiger partial charge in [-0.25, -0.2) is 13.4 Å². The highest BCUT2D eigenvalue weighted by Gasteiger charge is 2.34. The van der Waals surface area contributed by atoms with Gasteiger partial charge in [0.2, 0.25) is 5.91 Å². The SMILES string of the molecule is C[C@H](Sc1nccn1-c1ccc(Cl)cc1)C(=O)N(C)[C@@H]1CCS(=O)(=O)C1. The highest BCUT2D eigenvalue weighted by molar-refractivity contribution is 8.00. The minimum Gasteiger partial charge on any atom is -0.341 e. The van der Waals surface area contributed by atoms with E-state index in [9.17, 15) is 13.2 Å². The summed E-state index contributed by atoms with van der Waals surface area (Å²) in [5.74, 6) is 0.104. The van der Waals surface area contributed by atoms with E-state index < -0.39 is 9.84 Å². The quantitative estimate of drug-likeness (QED) is 0.704. The van der Waals surface area contributed by atoms with Gasteiger partial charge in [-0.1, -0.05) is 23.4 Å². The first kappa shape index (κ1) is 19.3. The van der Waals surface area contributed by atoms with Crippen LogP contribution in [0, 0.1) is 0 Å². The van der Waals surface area contributed by atoms with Crippen molar-refractivity contribution in [2.45, 2.75) is 29.8 Å². The zero-order valence-corrected chi connectivity index (χ0v) is 16.9. The number of imidazole rings is 1.